The van der Waals surface area contributed by atoms with E-state index in [1.54, 1.807) is 0 Å². The second-order valence-electron chi connectivity index (χ2n) is 16.2. The first-order valence-electron chi connectivity index (χ1n) is 17.9. The molecular formula is C48H42Si2. The zero-order valence-corrected chi connectivity index (χ0v) is 31.9. The maximum atomic E-state index is 2.55. The summed E-state index contributed by atoms with van der Waals surface area (Å²) in [5.41, 5.74) is 5.27. The van der Waals surface area contributed by atoms with Gasteiger partial charge in [0.05, 0.1) is 16.1 Å². The minimum absolute atomic E-state index is 1.28. The molecule has 242 valence electrons. The lowest BCUT2D eigenvalue weighted by Crippen LogP contribution is -2.37. The van der Waals surface area contributed by atoms with Crippen molar-refractivity contribution in [3.63, 3.8) is 0 Å². The summed E-state index contributed by atoms with van der Waals surface area (Å²) < 4.78 is 0. The maximum absolute atomic E-state index is 2.55. The Morgan fingerprint density at radius 3 is 1.20 bits per heavy atom. The van der Waals surface area contributed by atoms with Crippen molar-refractivity contribution in [2.24, 2.45) is 0 Å². The van der Waals surface area contributed by atoms with Crippen molar-refractivity contribution in [3.05, 3.63) is 146 Å². The van der Waals surface area contributed by atoms with Gasteiger partial charge >= 0.3 is 0 Å². The van der Waals surface area contributed by atoms with E-state index >= 15 is 0 Å². The summed E-state index contributed by atoms with van der Waals surface area (Å²) in [7, 11) is -3.22. The number of hydrogen-bond acceptors (Lipinski definition) is 0. The average molecular weight is 675 g/mol. The van der Waals surface area contributed by atoms with Gasteiger partial charge in [-0.05, 0) is 99.0 Å². The topological polar surface area (TPSA) is 0 Å². The molecule has 2 heteroatoms. The normalized spacial score (nSPS) is 12.6. The van der Waals surface area contributed by atoms with E-state index in [1.807, 2.05) is 0 Å². The van der Waals surface area contributed by atoms with Crippen molar-refractivity contribution in [1.82, 2.24) is 0 Å². The van der Waals surface area contributed by atoms with Crippen LogP contribution in [-0.2, 0) is 0 Å². The van der Waals surface area contributed by atoms with E-state index in [1.165, 1.54) is 97.3 Å². The number of fused-ring (bicyclic) bond motifs is 9. The van der Waals surface area contributed by atoms with Crippen molar-refractivity contribution in [2.45, 2.75) is 39.3 Å². The van der Waals surface area contributed by atoms with Gasteiger partial charge < -0.3 is 0 Å². The molecule has 50 heavy (non-hydrogen) atoms. The molecule has 0 N–H and O–H groups in total. The van der Waals surface area contributed by atoms with Crippen LogP contribution in [0.15, 0.2) is 146 Å². The van der Waals surface area contributed by atoms with Gasteiger partial charge in [-0.15, -0.1) is 0 Å². The Bertz CT molecular complexity index is 2790. The first-order chi connectivity index (χ1) is 24.1. The van der Waals surface area contributed by atoms with Crippen LogP contribution in [0.25, 0.3) is 86.9 Å². The Morgan fingerprint density at radius 2 is 0.680 bits per heavy atom. The third kappa shape index (κ3) is 4.93. The summed E-state index contributed by atoms with van der Waals surface area (Å²) in [4.78, 5) is 0. The fourth-order valence-corrected chi connectivity index (χ4v) is 10.5. The van der Waals surface area contributed by atoms with Crippen LogP contribution in [0.2, 0.25) is 39.3 Å². The molecule has 0 unspecified atom stereocenters. The van der Waals surface area contributed by atoms with E-state index in [0.29, 0.717) is 0 Å². The predicted molar refractivity (Wildman–Crippen MR) is 228 cm³/mol. The molecule has 9 aromatic carbocycles. The van der Waals surface area contributed by atoms with Gasteiger partial charge in [0.2, 0.25) is 0 Å². The predicted octanol–water partition coefficient (Wildman–Crippen LogP) is 13.0. The number of rotatable bonds is 4. The molecule has 0 radical (unpaired) electrons. The molecule has 0 aromatic heterocycles. The van der Waals surface area contributed by atoms with Gasteiger partial charge in [0.25, 0.3) is 0 Å². The second-order valence-corrected chi connectivity index (χ2v) is 26.3. The molecule has 0 spiro atoms. The molecule has 0 aliphatic heterocycles. The van der Waals surface area contributed by atoms with Crippen molar-refractivity contribution < 1.29 is 0 Å². The second kappa shape index (κ2) is 11.2. The summed E-state index contributed by atoms with van der Waals surface area (Å²) >= 11 is 0. The van der Waals surface area contributed by atoms with Crippen LogP contribution < -0.4 is 10.4 Å². The Labute approximate surface area is 297 Å². The third-order valence-electron chi connectivity index (χ3n) is 10.9. The van der Waals surface area contributed by atoms with Crippen molar-refractivity contribution in [2.75, 3.05) is 0 Å². The highest BCUT2D eigenvalue weighted by atomic mass is 28.3. The molecule has 0 nitrogen and oxygen atoms in total. The molecule has 0 atom stereocenters. The number of hydrogen-bond donors (Lipinski definition) is 0. The highest BCUT2D eigenvalue weighted by Gasteiger charge is 2.24. The van der Waals surface area contributed by atoms with Gasteiger partial charge in [0, 0.05) is 0 Å². The summed E-state index contributed by atoms with van der Waals surface area (Å²) in [6, 6.07) is 55.7. The van der Waals surface area contributed by atoms with Crippen LogP contribution >= 0.6 is 0 Å². The van der Waals surface area contributed by atoms with Gasteiger partial charge in [-0.25, -0.2) is 0 Å². The first-order valence-corrected chi connectivity index (χ1v) is 24.9. The third-order valence-corrected chi connectivity index (χ3v) is 15.0. The molecule has 9 rings (SSSR count). The van der Waals surface area contributed by atoms with Crippen LogP contribution in [0, 0.1) is 0 Å². The van der Waals surface area contributed by atoms with Crippen LogP contribution in [0.4, 0.5) is 0 Å². The molecule has 0 aliphatic carbocycles. The SMILES string of the molecule is C[Si](C)(C)c1ccc2c(-c3ccc4c5ccccc5c5ccccc5c4c3)c3cc([Si](C)(C)C)ccc3c(-c3ccc4ccccc4c3)c2c1. The summed E-state index contributed by atoms with van der Waals surface area (Å²) in [6.07, 6.45) is 0. The zero-order valence-electron chi connectivity index (χ0n) is 29.9. The molecule has 0 saturated heterocycles. The van der Waals surface area contributed by atoms with E-state index in [9.17, 15) is 0 Å². The lowest BCUT2D eigenvalue weighted by Gasteiger charge is -2.24. The molecular weight excluding hydrogens is 633 g/mol. The first kappa shape index (κ1) is 31.0. The van der Waals surface area contributed by atoms with E-state index in [4.69, 9.17) is 0 Å². The molecule has 9 aromatic rings. The van der Waals surface area contributed by atoms with Gasteiger partial charge in [-0.3, -0.25) is 0 Å². The van der Waals surface area contributed by atoms with E-state index < -0.39 is 16.1 Å². The number of benzene rings is 9. The molecule has 0 amide bonds. The van der Waals surface area contributed by atoms with Crippen molar-refractivity contribution in [3.8, 4) is 22.3 Å². The zero-order chi connectivity index (χ0) is 34.4. The van der Waals surface area contributed by atoms with Crippen LogP contribution in [-0.4, -0.2) is 16.1 Å². The summed E-state index contributed by atoms with van der Waals surface area (Å²) in [6.45, 7) is 14.8. The van der Waals surface area contributed by atoms with Crippen LogP contribution in [0.5, 0.6) is 0 Å². The van der Waals surface area contributed by atoms with Crippen LogP contribution in [0.1, 0.15) is 0 Å². The Morgan fingerprint density at radius 1 is 0.280 bits per heavy atom. The lowest BCUT2D eigenvalue weighted by atomic mass is 9.84. The smallest absolute Gasteiger partial charge is 0.0656 e. The summed E-state index contributed by atoms with van der Waals surface area (Å²) in [5, 5.41) is 18.8. The van der Waals surface area contributed by atoms with E-state index in [0.717, 1.165) is 0 Å². The van der Waals surface area contributed by atoms with Gasteiger partial charge in [-0.2, -0.15) is 0 Å². The molecule has 0 aliphatic rings. The molecule has 0 saturated carbocycles. The largest absolute Gasteiger partial charge is 0.0776 e. The van der Waals surface area contributed by atoms with Gasteiger partial charge in [0.15, 0.2) is 0 Å². The fourth-order valence-electron chi connectivity index (χ4n) is 8.19. The van der Waals surface area contributed by atoms with Crippen molar-refractivity contribution >= 4 is 91.2 Å². The van der Waals surface area contributed by atoms with Gasteiger partial charge in [-0.1, -0.05) is 183 Å². The monoisotopic (exact) mass is 674 g/mol. The fraction of sp³-hybridized carbons (Fsp3) is 0.125. The summed E-state index contributed by atoms with van der Waals surface area (Å²) in [5.74, 6) is 0. The molecule has 0 heterocycles. The Hall–Kier alpha value is -5.03. The standard InChI is InChI=1S/C48H42Si2/c1-49(2,3)35-23-26-43-45(29-35)47(33-20-19-31-13-7-8-14-32(31)27-33)42-25-22-36(50(4,5)6)30-46(42)48(43)34-21-24-41-39-17-10-9-15-37(39)38-16-11-12-18-40(38)44(41)28-34/h7-30H,1-6H3. The highest BCUT2D eigenvalue weighted by molar-refractivity contribution is 6.89. The molecule has 0 bridgehead atoms. The lowest BCUT2D eigenvalue weighted by molar-refractivity contribution is 1.67. The highest BCUT2D eigenvalue weighted by Crippen LogP contribution is 2.45. The quantitative estimate of drug-likeness (QED) is 0.0990. The Kier molecular flexibility index (Phi) is 6.97. The van der Waals surface area contributed by atoms with Crippen LogP contribution in [0.3, 0.4) is 0 Å². The minimum atomic E-state index is -1.61. The van der Waals surface area contributed by atoms with E-state index in [2.05, 4.69) is 185 Å². The van der Waals surface area contributed by atoms with E-state index in [-0.39, 0.29) is 0 Å². The minimum Gasteiger partial charge on any atom is -0.0656 e. The maximum Gasteiger partial charge on any atom is 0.0776 e. The molecule has 0 fully saturated rings. The van der Waals surface area contributed by atoms with Crippen molar-refractivity contribution in [1.29, 1.82) is 0 Å². The van der Waals surface area contributed by atoms with Gasteiger partial charge in [0.1, 0.15) is 0 Å². The average Bonchev–Trinajstić information content (AvgIpc) is 3.12. The Balaban J connectivity index is 1.46.